The molecule has 0 saturated carbocycles. The van der Waals surface area contributed by atoms with Crippen LogP contribution in [0.25, 0.3) is 10.9 Å². The van der Waals surface area contributed by atoms with Gasteiger partial charge in [-0.25, -0.2) is 0 Å². The van der Waals surface area contributed by atoms with Crippen LogP contribution in [0.15, 0.2) is 42.5 Å². The second kappa shape index (κ2) is 5.72. The number of hydrogen-bond donors (Lipinski definition) is 1. The number of H-pyrrole nitrogens is 1. The van der Waals surface area contributed by atoms with Crippen LogP contribution in [0.2, 0.25) is 0 Å². The largest absolute Gasteiger partial charge is 0.357 e. The van der Waals surface area contributed by atoms with Gasteiger partial charge in [-0.2, -0.15) is 0 Å². The maximum absolute atomic E-state index is 11.6. The minimum absolute atomic E-state index is 0.255. The van der Waals surface area contributed by atoms with E-state index in [1.807, 2.05) is 6.08 Å². The quantitative estimate of drug-likeness (QED) is 0.610. The maximum atomic E-state index is 11.6. The molecule has 0 atom stereocenters. The van der Waals surface area contributed by atoms with E-state index in [0.29, 0.717) is 0 Å². The van der Waals surface area contributed by atoms with Crippen LogP contribution in [-0.4, -0.2) is 11.3 Å². The molecule has 1 aromatic carbocycles. The Bertz CT molecular complexity index is 712. The Labute approximate surface area is 126 Å². The molecule has 0 aliphatic rings. The molecule has 0 amide bonds. The van der Waals surface area contributed by atoms with Crippen molar-refractivity contribution in [2.24, 2.45) is 0 Å². The summed E-state index contributed by atoms with van der Waals surface area (Å²) < 4.78 is 0. The standard InChI is InChI=1S/C19H23NO/c1-6-19(4,5)18-16(12-21)15-11-14(8-7-13(2)3)9-10-17(15)20-18/h6-7,9-12,20H,1,8H2,2-5H3. The highest BCUT2D eigenvalue weighted by atomic mass is 16.1. The van der Waals surface area contributed by atoms with Crippen molar-refractivity contribution in [2.75, 3.05) is 0 Å². The molecule has 21 heavy (non-hydrogen) atoms. The Kier molecular flexibility index (Phi) is 4.17. The number of hydrogen-bond acceptors (Lipinski definition) is 1. The fourth-order valence-corrected chi connectivity index (χ4v) is 2.44. The van der Waals surface area contributed by atoms with E-state index in [1.54, 1.807) is 0 Å². The fraction of sp³-hybridized carbons (Fsp3) is 0.316. The monoisotopic (exact) mass is 281 g/mol. The Morgan fingerprint density at radius 1 is 1.33 bits per heavy atom. The zero-order valence-electron chi connectivity index (χ0n) is 13.3. The van der Waals surface area contributed by atoms with Gasteiger partial charge >= 0.3 is 0 Å². The zero-order valence-corrected chi connectivity index (χ0v) is 13.3. The summed E-state index contributed by atoms with van der Waals surface area (Å²) in [5, 5.41) is 0.995. The van der Waals surface area contributed by atoms with Gasteiger partial charge in [0.25, 0.3) is 0 Å². The molecular formula is C19H23NO. The van der Waals surface area contributed by atoms with Crippen LogP contribution in [0.1, 0.15) is 49.3 Å². The summed E-state index contributed by atoms with van der Waals surface area (Å²) in [6.45, 7) is 12.2. The van der Waals surface area contributed by atoms with Crippen LogP contribution >= 0.6 is 0 Å². The van der Waals surface area contributed by atoms with Crippen molar-refractivity contribution in [3.63, 3.8) is 0 Å². The lowest BCUT2D eigenvalue weighted by atomic mass is 9.87. The molecule has 2 nitrogen and oxygen atoms in total. The fourth-order valence-electron chi connectivity index (χ4n) is 2.44. The lowest BCUT2D eigenvalue weighted by Crippen LogP contribution is -2.15. The van der Waals surface area contributed by atoms with E-state index >= 15 is 0 Å². The predicted molar refractivity (Wildman–Crippen MR) is 90.0 cm³/mol. The number of allylic oxidation sites excluding steroid dienone is 3. The molecule has 0 unspecified atom stereocenters. The van der Waals surface area contributed by atoms with E-state index in [2.05, 4.69) is 63.5 Å². The molecular weight excluding hydrogens is 258 g/mol. The second-order valence-electron chi connectivity index (χ2n) is 6.32. The molecule has 2 heteroatoms. The van der Waals surface area contributed by atoms with Gasteiger partial charge in [-0.3, -0.25) is 4.79 Å². The Balaban J connectivity index is 2.59. The van der Waals surface area contributed by atoms with Gasteiger partial charge in [0.05, 0.1) is 0 Å². The van der Waals surface area contributed by atoms with E-state index in [0.717, 1.165) is 34.9 Å². The van der Waals surface area contributed by atoms with Crippen LogP contribution < -0.4 is 0 Å². The van der Waals surface area contributed by atoms with Crippen LogP contribution in [-0.2, 0) is 11.8 Å². The molecule has 2 aromatic rings. The van der Waals surface area contributed by atoms with Crippen molar-refractivity contribution < 1.29 is 4.79 Å². The van der Waals surface area contributed by atoms with Crippen molar-refractivity contribution in [3.8, 4) is 0 Å². The van der Waals surface area contributed by atoms with Crippen molar-refractivity contribution >= 4 is 17.2 Å². The normalized spacial score (nSPS) is 11.4. The number of aromatic nitrogens is 1. The smallest absolute Gasteiger partial charge is 0.152 e. The van der Waals surface area contributed by atoms with E-state index in [1.165, 1.54) is 11.1 Å². The summed E-state index contributed by atoms with van der Waals surface area (Å²) >= 11 is 0. The highest BCUT2D eigenvalue weighted by molar-refractivity contribution is 5.99. The average molecular weight is 281 g/mol. The van der Waals surface area contributed by atoms with Crippen LogP contribution in [0.3, 0.4) is 0 Å². The molecule has 0 aliphatic carbocycles. The van der Waals surface area contributed by atoms with E-state index in [-0.39, 0.29) is 5.41 Å². The minimum atomic E-state index is -0.255. The number of carbonyl (C=O) groups is 1. The first kappa shape index (κ1) is 15.3. The Morgan fingerprint density at radius 2 is 2.05 bits per heavy atom. The number of aldehydes is 1. The summed E-state index contributed by atoms with van der Waals surface area (Å²) in [5.41, 5.74) is 4.94. The molecule has 0 bridgehead atoms. The zero-order chi connectivity index (χ0) is 15.6. The lowest BCUT2D eigenvalue weighted by Gasteiger charge is -2.19. The first-order valence-corrected chi connectivity index (χ1v) is 7.26. The van der Waals surface area contributed by atoms with Gasteiger partial charge in [-0.05, 0) is 38.0 Å². The molecule has 0 spiro atoms. The van der Waals surface area contributed by atoms with Crippen LogP contribution in [0, 0.1) is 0 Å². The van der Waals surface area contributed by atoms with Gasteiger partial charge in [0.1, 0.15) is 0 Å². The summed E-state index contributed by atoms with van der Waals surface area (Å²) in [7, 11) is 0. The van der Waals surface area contributed by atoms with Gasteiger partial charge in [-0.15, -0.1) is 6.58 Å². The third kappa shape index (κ3) is 2.99. The minimum Gasteiger partial charge on any atom is -0.357 e. The van der Waals surface area contributed by atoms with Gasteiger partial charge in [0.2, 0.25) is 0 Å². The van der Waals surface area contributed by atoms with Crippen molar-refractivity contribution in [1.82, 2.24) is 4.98 Å². The van der Waals surface area contributed by atoms with Crippen molar-refractivity contribution in [2.45, 2.75) is 39.5 Å². The van der Waals surface area contributed by atoms with Gasteiger partial charge in [-0.1, -0.05) is 37.6 Å². The third-order valence-electron chi connectivity index (χ3n) is 3.92. The number of benzene rings is 1. The first-order chi connectivity index (χ1) is 9.89. The molecule has 0 aliphatic heterocycles. The summed E-state index contributed by atoms with van der Waals surface area (Å²) in [6, 6.07) is 6.27. The van der Waals surface area contributed by atoms with E-state index < -0.39 is 0 Å². The van der Waals surface area contributed by atoms with Gasteiger partial charge in [0, 0.05) is 27.6 Å². The molecule has 110 valence electrons. The highest BCUT2D eigenvalue weighted by Crippen LogP contribution is 2.32. The average Bonchev–Trinajstić information content (AvgIpc) is 2.83. The third-order valence-corrected chi connectivity index (χ3v) is 3.92. The SMILES string of the molecule is C=CC(C)(C)c1[nH]c2ccc(CC=C(C)C)cc2c1C=O. The molecule has 0 fully saturated rings. The van der Waals surface area contributed by atoms with Crippen molar-refractivity contribution in [3.05, 3.63) is 59.3 Å². The number of rotatable bonds is 5. The molecule has 1 aromatic heterocycles. The van der Waals surface area contributed by atoms with Crippen molar-refractivity contribution in [1.29, 1.82) is 0 Å². The first-order valence-electron chi connectivity index (χ1n) is 7.26. The topological polar surface area (TPSA) is 32.9 Å². The molecule has 1 N–H and O–H groups in total. The number of aromatic amines is 1. The number of nitrogens with one attached hydrogen (secondary N) is 1. The highest BCUT2D eigenvalue weighted by Gasteiger charge is 2.23. The Hall–Kier alpha value is -2.09. The molecule has 0 radical (unpaired) electrons. The van der Waals surface area contributed by atoms with Crippen LogP contribution in [0.4, 0.5) is 0 Å². The molecule has 2 rings (SSSR count). The summed E-state index contributed by atoms with van der Waals surface area (Å²) in [4.78, 5) is 15.0. The van der Waals surface area contributed by atoms with E-state index in [9.17, 15) is 4.79 Å². The number of carbonyl (C=O) groups excluding carboxylic acids is 1. The van der Waals surface area contributed by atoms with Crippen LogP contribution in [0.5, 0.6) is 0 Å². The molecule has 0 saturated heterocycles. The lowest BCUT2D eigenvalue weighted by molar-refractivity contribution is 0.112. The molecule has 1 heterocycles. The van der Waals surface area contributed by atoms with Gasteiger partial charge < -0.3 is 4.98 Å². The maximum Gasteiger partial charge on any atom is 0.152 e. The van der Waals surface area contributed by atoms with Gasteiger partial charge in [0.15, 0.2) is 6.29 Å². The number of fused-ring (bicyclic) bond motifs is 1. The Morgan fingerprint density at radius 3 is 2.62 bits per heavy atom. The van der Waals surface area contributed by atoms with E-state index in [4.69, 9.17) is 0 Å². The predicted octanol–water partition coefficient (Wildman–Crippen LogP) is 4.95. The summed E-state index contributed by atoms with van der Waals surface area (Å²) in [6.07, 6.45) is 5.91. The second-order valence-corrected chi connectivity index (χ2v) is 6.32. The summed E-state index contributed by atoms with van der Waals surface area (Å²) in [5.74, 6) is 0.